The van der Waals surface area contributed by atoms with E-state index < -0.39 is 12.6 Å². The van der Waals surface area contributed by atoms with Crippen LogP contribution in [0.15, 0.2) is 29.3 Å². The summed E-state index contributed by atoms with van der Waals surface area (Å²) in [5, 5.41) is 2.14. The van der Waals surface area contributed by atoms with Crippen LogP contribution in [0.25, 0.3) is 0 Å². The van der Waals surface area contributed by atoms with E-state index in [0.29, 0.717) is 5.69 Å². The number of halogens is 3. The molecule has 1 aromatic rings. The molecule has 5 heteroatoms. The summed E-state index contributed by atoms with van der Waals surface area (Å²) in [6, 6.07) is 5.69. The molecule has 0 N–H and O–H groups in total. The van der Waals surface area contributed by atoms with Gasteiger partial charge in [-0.15, -0.1) is 0 Å². The molecule has 1 nitrogen and oxygen atoms in total. The van der Waals surface area contributed by atoms with Crippen LogP contribution in [-0.4, -0.2) is 11.3 Å². The van der Waals surface area contributed by atoms with E-state index in [1.807, 2.05) is 0 Å². The van der Waals surface area contributed by atoms with Gasteiger partial charge in [0.15, 0.2) is 0 Å². The molecule has 0 unspecified atom stereocenters. The first kappa shape index (κ1) is 10.9. The predicted molar refractivity (Wildman–Crippen MR) is 50.9 cm³/mol. The van der Waals surface area contributed by atoms with Crippen molar-refractivity contribution in [2.24, 2.45) is 4.99 Å². The molecule has 0 saturated carbocycles. The largest absolute Gasteiger partial charge is 0.393 e. The summed E-state index contributed by atoms with van der Waals surface area (Å²) in [6.45, 7) is 0. The van der Waals surface area contributed by atoms with Gasteiger partial charge < -0.3 is 0 Å². The lowest BCUT2D eigenvalue weighted by molar-refractivity contribution is -0.127. The fraction of sp³-hybridized carbons (Fsp3) is 0.222. The summed E-state index contributed by atoms with van der Waals surface area (Å²) in [7, 11) is 0. The van der Waals surface area contributed by atoms with Crippen LogP contribution >= 0.6 is 12.2 Å². The molecule has 0 radical (unpaired) electrons. The zero-order valence-corrected chi connectivity index (χ0v) is 7.82. The molecule has 0 aliphatic carbocycles. The Labute approximate surface area is 84.3 Å². The Hall–Kier alpha value is -1.19. The van der Waals surface area contributed by atoms with Crippen molar-refractivity contribution < 1.29 is 13.2 Å². The van der Waals surface area contributed by atoms with Crippen molar-refractivity contribution in [3.63, 3.8) is 0 Å². The monoisotopic (exact) mass is 217 g/mol. The zero-order chi connectivity index (χ0) is 10.6. The van der Waals surface area contributed by atoms with Gasteiger partial charge in [-0.1, -0.05) is 12.1 Å². The second-order valence-electron chi connectivity index (χ2n) is 2.66. The predicted octanol–water partition coefficient (Wildman–Crippen LogP) is 3.53. The number of hydrogen-bond donors (Lipinski definition) is 0. The molecular weight excluding hydrogens is 211 g/mol. The van der Waals surface area contributed by atoms with Gasteiger partial charge in [-0.25, -0.2) is 0 Å². The van der Waals surface area contributed by atoms with E-state index in [1.54, 1.807) is 0 Å². The average molecular weight is 217 g/mol. The number of benzene rings is 1. The number of hydrogen-bond acceptors (Lipinski definition) is 2. The summed E-state index contributed by atoms with van der Waals surface area (Å²) in [6.07, 6.45) is -5.09. The van der Waals surface area contributed by atoms with Gasteiger partial charge in [-0.3, -0.25) is 0 Å². The summed E-state index contributed by atoms with van der Waals surface area (Å²) >= 11 is 4.36. The Morgan fingerprint density at radius 1 is 1.21 bits per heavy atom. The number of rotatable bonds is 2. The molecule has 14 heavy (non-hydrogen) atoms. The highest BCUT2D eigenvalue weighted by atomic mass is 32.1. The number of thiocarbonyl (C=S) groups is 1. The Kier molecular flexibility index (Phi) is 3.38. The maximum absolute atomic E-state index is 11.9. The lowest BCUT2D eigenvalue weighted by atomic mass is 10.1. The molecule has 74 valence electrons. The maximum Gasteiger partial charge on any atom is 0.393 e. The van der Waals surface area contributed by atoms with Crippen molar-refractivity contribution in [1.82, 2.24) is 0 Å². The van der Waals surface area contributed by atoms with Crippen LogP contribution in [0.3, 0.4) is 0 Å². The van der Waals surface area contributed by atoms with Crippen LogP contribution in [0.5, 0.6) is 0 Å². The van der Waals surface area contributed by atoms with Gasteiger partial charge in [-0.2, -0.15) is 18.2 Å². The lowest BCUT2D eigenvalue weighted by Gasteiger charge is -2.05. The summed E-state index contributed by atoms with van der Waals surface area (Å²) in [4.78, 5) is 3.63. The normalized spacial score (nSPS) is 10.8. The maximum atomic E-state index is 11.9. The van der Waals surface area contributed by atoms with E-state index in [2.05, 4.69) is 22.4 Å². The van der Waals surface area contributed by atoms with Crippen molar-refractivity contribution in [3.8, 4) is 0 Å². The fourth-order valence-corrected chi connectivity index (χ4v) is 1.08. The molecule has 0 heterocycles. The molecule has 0 atom stereocenters. The molecule has 0 aromatic heterocycles. The van der Waals surface area contributed by atoms with Crippen LogP contribution in [0, 0.1) is 0 Å². The quantitative estimate of drug-likeness (QED) is 0.545. The van der Waals surface area contributed by atoms with Gasteiger partial charge >= 0.3 is 6.18 Å². The van der Waals surface area contributed by atoms with E-state index in [-0.39, 0.29) is 5.56 Å². The van der Waals surface area contributed by atoms with Gasteiger partial charge in [0.1, 0.15) is 0 Å². The van der Waals surface area contributed by atoms with Crippen LogP contribution in [0.4, 0.5) is 18.9 Å². The molecule has 1 rings (SSSR count). The van der Waals surface area contributed by atoms with E-state index in [0.717, 1.165) is 0 Å². The Morgan fingerprint density at radius 2 is 1.79 bits per heavy atom. The minimum Gasteiger partial charge on any atom is -0.195 e. The van der Waals surface area contributed by atoms with Crippen molar-refractivity contribution in [1.29, 1.82) is 0 Å². The van der Waals surface area contributed by atoms with Crippen molar-refractivity contribution in [2.75, 3.05) is 0 Å². The zero-order valence-electron chi connectivity index (χ0n) is 7.01. The fourth-order valence-electron chi connectivity index (χ4n) is 0.972. The summed E-state index contributed by atoms with van der Waals surface area (Å²) in [5.41, 5.74) is 0.715. The number of nitrogens with zero attached hydrogens (tertiary/aromatic N) is 1. The van der Waals surface area contributed by atoms with Crippen molar-refractivity contribution >= 4 is 23.1 Å². The third kappa shape index (κ3) is 3.68. The molecule has 0 bridgehead atoms. The third-order valence-electron chi connectivity index (χ3n) is 1.52. The van der Waals surface area contributed by atoms with Crippen LogP contribution in [-0.2, 0) is 6.42 Å². The summed E-state index contributed by atoms with van der Waals surface area (Å²) < 4.78 is 35.8. The molecular formula is C9H6F3NS. The Morgan fingerprint density at radius 3 is 2.21 bits per heavy atom. The lowest BCUT2D eigenvalue weighted by Crippen LogP contribution is -2.11. The molecule has 0 aliphatic heterocycles. The van der Waals surface area contributed by atoms with E-state index in [9.17, 15) is 13.2 Å². The van der Waals surface area contributed by atoms with Gasteiger partial charge in [0, 0.05) is 0 Å². The van der Waals surface area contributed by atoms with E-state index in [4.69, 9.17) is 0 Å². The minimum absolute atomic E-state index is 0.209. The molecule has 0 aliphatic rings. The first-order valence-electron chi connectivity index (χ1n) is 3.75. The SMILES string of the molecule is FC(F)(F)Cc1ccc(N=C=S)cc1. The number of alkyl halides is 3. The van der Waals surface area contributed by atoms with Crippen LogP contribution in [0.1, 0.15) is 5.56 Å². The highest BCUT2D eigenvalue weighted by Crippen LogP contribution is 2.22. The number of isothiocyanates is 1. The van der Waals surface area contributed by atoms with Gasteiger partial charge in [0.25, 0.3) is 0 Å². The number of aliphatic imine (C=N–C) groups is 1. The summed E-state index contributed by atoms with van der Waals surface area (Å²) in [5.74, 6) is 0. The minimum atomic E-state index is -4.17. The van der Waals surface area contributed by atoms with E-state index in [1.165, 1.54) is 24.3 Å². The average Bonchev–Trinajstić information content (AvgIpc) is 2.06. The highest BCUT2D eigenvalue weighted by Gasteiger charge is 2.27. The Balaban J connectivity index is 2.78. The third-order valence-corrected chi connectivity index (χ3v) is 1.61. The Bertz CT molecular complexity index is 349. The molecule has 0 amide bonds. The topological polar surface area (TPSA) is 12.4 Å². The van der Waals surface area contributed by atoms with Gasteiger partial charge in [0.2, 0.25) is 0 Å². The standard InChI is InChI=1S/C9H6F3NS/c10-9(11,12)5-7-1-3-8(4-2-7)13-6-14/h1-4H,5H2. The first-order chi connectivity index (χ1) is 6.51. The second-order valence-corrected chi connectivity index (χ2v) is 2.84. The second kappa shape index (κ2) is 4.35. The molecule has 0 fully saturated rings. The van der Waals surface area contributed by atoms with Gasteiger partial charge in [0.05, 0.1) is 17.3 Å². The van der Waals surface area contributed by atoms with Crippen molar-refractivity contribution in [2.45, 2.75) is 12.6 Å². The molecule has 1 aromatic carbocycles. The van der Waals surface area contributed by atoms with Crippen molar-refractivity contribution in [3.05, 3.63) is 29.8 Å². The van der Waals surface area contributed by atoms with Gasteiger partial charge in [-0.05, 0) is 29.9 Å². The molecule has 0 spiro atoms. The first-order valence-corrected chi connectivity index (χ1v) is 4.16. The highest BCUT2D eigenvalue weighted by molar-refractivity contribution is 7.78. The van der Waals surface area contributed by atoms with Crippen LogP contribution in [0.2, 0.25) is 0 Å². The molecule has 0 saturated heterocycles. The van der Waals surface area contributed by atoms with Crippen LogP contribution < -0.4 is 0 Å². The van der Waals surface area contributed by atoms with E-state index >= 15 is 0 Å². The smallest absolute Gasteiger partial charge is 0.195 e.